The van der Waals surface area contributed by atoms with Gasteiger partial charge in [0.25, 0.3) is 0 Å². The Kier molecular flexibility index (Phi) is 5.75. The lowest BCUT2D eigenvalue weighted by Gasteiger charge is -2.39. The lowest BCUT2D eigenvalue weighted by atomic mass is 9.73. The van der Waals surface area contributed by atoms with E-state index in [0.29, 0.717) is 11.6 Å². The standard InChI is InChI=1S/C24H28ClNO2/c25-21-10-8-20(9-11-21)24(12-4-5-13-24)22(27)26-18-23(14-16-28-17-15-23)19-6-2-1-3-7-19/h1-3,6-11H,4-5,12-18H2,(H,26,27). The molecule has 148 valence electrons. The van der Waals surface area contributed by atoms with E-state index in [0.717, 1.165) is 57.3 Å². The third-order valence-electron chi connectivity index (χ3n) is 6.71. The van der Waals surface area contributed by atoms with Crippen LogP contribution in [0.2, 0.25) is 5.02 Å². The first kappa shape index (κ1) is 19.5. The Morgan fingerprint density at radius 1 is 0.893 bits per heavy atom. The molecule has 3 nitrogen and oxygen atoms in total. The minimum absolute atomic E-state index is 0.0467. The largest absolute Gasteiger partial charge is 0.381 e. The molecule has 0 atom stereocenters. The highest BCUT2D eigenvalue weighted by Gasteiger charge is 2.44. The van der Waals surface area contributed by atoms with Gasteiger partial charge in [-0.15, -0.1) is 0 Å². The molecule has 1 saturated heterocycles. The second-order valence-corrected chi connectivity index (χ2v) is 8.67. The number of halogens is 1. The van der Waals surface area contributed by atoms with Crippen LogP contribution >= 0.6 is 11.6 Å². The van der Waals surface area contributed by atoms with E-state index < -0.39 is 5.41 Å². The van der Waals surface area contributed by atoms with Gasteiger partial charge in [0.15, 0.2) is 0 Å². The first-order valence-electron chi connectivity index (χ1n) is 10.3. The van der Waals surface area contributed by atoms with Crippen LogP contribution in [0, 0.1) is 0 Å². The van der Waals surface area contributed by atoms with E-state index in [2.05, 4.69) is 29.6 Å². The fourth-order valence-corrected chi connectivity index (χ4v) is 5.06. The van der Waals surface area contributed by atoms with Crippen LogP contribution in [-0.2, 0) is 20.4 Å². The van der Waals surface area contributed by atoms with Gasteiger partial charge in [-0.3, -0.25) is 4.79 Å². The summed E-state index contributed by atoms with van der Waals surface area (Å²) in [6, 6.07) is 18.4. The Labute approximate surface area is 172 Å². The number of nitrogens with one attached hydrogen (secondary N) is 1. The van der Waals surface area contributed by atoms with Crippen LogP contribution in [-0.4, -0.2) is 25.7 Å². The highest BCUT2D eigenvalue weighted by molar-refractivity contribution is 6.30. The van der Waals surface area contributed by atoms with Gasteiger partial charge in [0.05, 0.1) is 5.41 Å². The third-order valence-corrected chi connectivity index (χ3v) is 6.96. The van der Waals surface area contributed by atoms with Gasteiger partial charge in [-0.2, -0.15) is 0 Å². The van der Waals surface area contributed by atoms with Crippen molar-refractivity contribution in [3.05, 3.63) is 70.7 Å². The second-order valence-electron chi connectivity index (χ2n) is 8.24. The maximum Gasteiger partial charge on any atom is 0.230 e. The SMILES string of the molecule is O=C(NCC1(c2ccccc2)CCOCC1)C1(c2ccc(Cl)cc2)CCCC1. The van der Waals surface area contributed by atoms with Crippen LogP contribution < -0.4 is 5.32 Å². The first-order chi connectivity index (χ1) is 13.6. The van der Waals surface area contributed by atoms with Gasteiger partial charge < -0.3 is 10.1 Å². The Morgan fingerprint density at radius 3 is 2.18 bits per heavy atom. The zero-order valence-electron chi connectivity index (χ0n) is 16.3. The van der Waals surface area contributed by atoms with Gasteiger partial charge in [0.1, 0.15) is 0 Å². The van der Waals surface area contributed by atoms with Crippen LogP contribution in [0.15, 0.2) is 54.6 Å². The van der Waals surface area contributed by atoms with Gasteiger partial charge in [0.2, 0.25) is 5.91 Å². The summed E-state index contributed by atoms with van der Waals surface area (Å²) in [7, 11) is 0. The summed E-state index contributed by atoms with van der Waals surface area (Å²) in [5, 5.41) is 4.07. The van der Waals surface area contributed by atoms with E-state index in [4.69, 9.17) is 16.3 Å². The molecule has 2 aromatic rings. The molecule has 2 aromatic carbocycles. The van der Waals surface area contributed by atoms with Crippen molar-refractivity contribution in [3.63, 3.8) is 0 Å². The van der Waals surface area contributed by atoms with Crippen molar-refractivity contribution in [2.75, 3.05) is 19.8 Å². The Hall–Kier alpha value is -1.84. The molecule has 1 aliphatic heterocycles. The van der Waals surface area contributed by atoms with Crippen molar-refractivity contribution in [2.24, 2.45) is 0 Å². The highest BCUT2D eigenvalue weighted by Crippen LogP contribution is 2.42. The summed E-state index contributed by atoms with van der Waals surface area (Å²) in [5.74, 6) is 0.161. The fraction of sp³-hybridized carbons (Fsp3) is 0.458. The molecule has 0 unspecified atom stereocenters. The van der Waals surface area contributed by atoms with Crippen molar-refractivity contribution in [3.8, 4) is 0 Å². The summed E-state index contributed by atoms with van der Waals surface area (Å²) in [6.45, 7) is 2.15. The molecule has 0 aromatic heterocycles. The summed E-state index contributed by atoms with van der Waals surface area (Å²) in [5.41, 5.74) is 1.92. The number of rotatable bonds is 5. The first-order valence-corrected chi connectivity index (χ1v) is 10.7. The van der Waals surface area contributed by atoms with E-state index in [1.165, 1.54) is 5.56 Å². The Bertz CT molecular complexity index is 791. The number of amides is 1. The smallest absolute Gasteiger partial charge is 0.230 e. The maximum atomic E-state index is 13.5. The zero-order chi connectivity index (χ0) is 19.5. The molecule has 1 aliphatic carbocycles. The summed E-state index contributed by atoms with van der Waals surface area (Å²) in [6.07, 6.45) is 5.86. The molecule has 4 rings (SSSR count). The van der Waals surface area contributed by atoms with E-state index in [1.54, 1.807) is 0 Å². The summed E-state index contributed by atoms with van der Waals surface area (Å²) < 4.78 is 5.63. The molecule has 0 radical (unpaired) electrons. The molecule has 28 heavy (non-hydrogen) atoms. The molecule has 0 spiro atoms. The average molecular weight is 398 g/mol. The molecule has 1 N–H and O–H groups in total. The van der Waals surface area contributed by atoms with Crippen molar-refractivity contribution in [2.45, 2.75) is 49.4 Å². The molecule has 0 bridgehead atoms. The molecular weight excluding hydrogens is 370 g/mol. The molecule has 1 saturated carbocycles. The number of ether oxygens (including phenoxy) is 1. The predicted molar refractivity (Wildman–Crippen MR) is 113 cm³/mol. The summed E-state index contributed by atoms with van der Waals surface area (Å²) >= 11 is 6.08. The lowest BCUT2D eigenvalue weighted by Crippen LogP contribution is -2.49. The summed E-state index contributed by atoms with van der Waals surface area (Å²) in [4.78, 5) is 13.5. The lowest BCUT2D eigenvalue weighted by molar-refractivity contribution is -0.127. The highest BCUT2D eigenvalue weighted by atomic mass is 35.5. The maximum absolute atomic E-state index is 13.5. The van der Waals surface area contributed by atoms with E-state index in [9.17, 15) is 4.79 Å². The second kappa shape index (κ2) is 8.26. The van der Waals surface area contributed by atoms with Crippen molar-refractivity contribution in [1.82, 2.24) is 5.32 Å². The quantitative estimate of drug-likeness (QED) is 0.769. The molecule has 1 heterocycles. The van der Waals surface area contributed by atoms with E-state index in [-0.39, 0.29) is 11.3 Å². The topological polar surface area (TPSA) is 38.3 Å². The normalized spacial score (nSPS) is 20.6. The number of hydrogen-bond acceptors (Lipinski definition) is 2. The fourth-order valence-electron chi connectivity index (χ4n) is 4.93. The van der Waals surface area contributed by atoms with Gasteiger partial charge in [-0.05, 0) is 48.9 Å². The van der Waals surface area contributed by atoms with Crippen LogP contribution in [0.1, 0.15) is 49.7 Å². The van der Waals surface area contributed by atoms with Crippen LogP contribution in [0.5, 0.6) is 0 Å². The Balaban J connectivity index is 1.56. The number of carbonyl (C=O) groups is 1. The molecule has 1 amide bonds. The molecule has 2 fully saturated rings. The zero-order valence-corrected chi connectivity index (χ0v) is 17.0. The van der Waals surface area contributed by atoms with E-state index in [1.807, 2.05) is 30.3 Å². The van der Waals surface area contributed by atoms with Crippen molar-refractivity contribution in [1.29, 1.82) is 0 Å². The van der Waals surface area contributed by atoms with Crippen molar-refractivity contribution < 1.29 is 9.53 Å². The molecular formula is C24H28ClNO2. The minimum atomic E-state index is -0.423. The number of carbonyl (C=O) groups excluding carboxylic acids is 1. The third kappa shape index (κ3) is 3.70. The minimum Gasteiger partial charge on any atom is -0.381 e. The Morgan fingerprint density at radius 2 is 1.54 bits per heavy atom. The number of hydrogen-bond donors (Lipinski definition) is 1. The van der Waals surface area contributed by atoms with Gasteiger partial charge in [-0.25, -0.2) is 0 Å². The van der Waals surface area contributed by atoms with Crippen LogP contribution in [0.25, 0.3) is 0 Å². The average Bonchev–Trinajstić information content (AvgIpc) is 3.25. The van der Waals surface area contributed by atoms with Gasteiger partial charge >= 0.3 is 0 Å². The monoisotopic (exact) mass is 397 g/mol. The van der Waals surface area contributed by atoms with Gasteiger partial charge in [-0.1, -0.05) is 66.9 Å². The predicted octanol–water partition coefficient (Wildman–Crippen LogP) is 5.02. The van der Waals surface area contributed by atoms with Crippen molar-refractivity contribution >= 4 is 17.5 Å². The molecule has 2 aliphatic rings. The van der Waals surface area contributed by atoms with E-state index >= 15 is 0 Å². The van der Waals surface area contributed by atoms with Crippen LogP contribution in [0.3, 0.4) is 0 Å². The molecule has 4 heteroatoms. The van der Waals surface area contributed by atoms with Gasteiger partial charge in [0, 0.05) is 30.2 Å². The number of benzene rings is 2. The van der Waals surface area contributed by atoms with Crippen LogP contribution in [0.4, 0.5) is 0 Å².